The maximum absolute atomic E-state index is 12.3. The van der Waals surface area contributed by atoms with Crippen molar-refractivity contribution in [2.45, 2.75) is 33.7 Å². The van der Waals surface area contributed by atoms with E-state index in [1.54, 1.807) is 7.11 Å². The van der Waals surface area contributed by atoms with E-state index in [1.165, 1.54) is 0 Å². The van der Waals surface area contributed by atoms with Crippen LogP contribution in [0.3, 0.4) is 0 Å². The standard InChI is InChI=1S/C17H28N2O2/c1-12(11-18-5)16(20)19-15(17(2,3)4)13-8-7-9-14(10-13)21-6/h7-10,12,15,18H,11H2,1-6H3,(H,19,20). The van der Waals surface area contributed by atoms with Crippen molar-refractivity contribution in [2.75, 3.05) is 20.7 Å². The van der Waals surface area contributed by atoms with Gasteiger partial charge in [-0.1, -0.05) is 39.8 Å². The summed E-state index contributed by atoms with van der Waals surface area (Å²) in [5, 5.41) is 6.21. The SMILES string of the molecule is CNCC(C)C(=O)NC(c1cccc(OC)c1)C(C)(C)C. The molecule has 1 aromatic carbocycles. The van der Waals surface area contributed by atoms with Crippen LogP contribution in [0.4, 0.5) is 0 Å². The fraction of sp³-hybridized carbons (Fsp3) is 0.588. The molecule has 0 heterocycles. The molecule has 118 valence electrons. The minimum Gasteiger partial charge on any atom is -0.497 e. The third-order valence-corrected chi connectivity index (χ3v) is 3.54. The molecule has 1 amide bonds. The van der Waals surface area contributed by atoms with Crippen LogP contribution in [0.2, 0.25) is 0 Å². The minimum atomic E-state index is -0.0820. The van der Waals surface area contributed by atoms with Gasteiger partial charge in [-0.3, -0.25) is 4.79 Å². The average molecular weight is 292 g/mol. The van der Waals surface area contributed by atoms with Crippen LogP contribution >= 0.6 is 0 Å². The van der Waals surface area contributed by atoms with Crippen LogP contribution in [0.25, 0.3) is 0 Å². The molecule has 2 unspecified atom stereocenters. The highest BCUT2D eigenvalue weighted by molar-refractivity contribution is 5.79. The smallest absolute Gasteiger partial charge is 0.224 e. The van der Waals surface area contributed by atoms with E-state index < -0.39 is 0 Å². The molecule has 0 aliphatic heterocycles. The number of hydrogen-bond donors (Lipinski definition) is 2. The summed E-state index contributed by atoms with van der Waals surface area (Å²) in [6.07, 6.45) is 0. The largest absolute Gasteiger partial charge is 0.497 e. The fourth-order valence-electron chi connectivity index (χ4n) is 2.30. The zero-order valence-corrected chi connectivity index (χ0v) is 14.0. The highest BCUT2D eigenvalue weighted by atomic mass is 16.5. The second-order valence-corrected chi connectivity index (χ2v) is 6.54. The summed E-state index contributed by atoms with van der Waals surface area (Å²) in [6.45, 7) is 8.97. The van der Waals surface area contributed by atoms with Gasteiger partial charge in [0.25, 0.3) is 0 Å². The average Bonchev–Trinajstić information content (AvgIpc) is 2.43. The van der Waals surface area contributed by atoms with E-state index in [2.05, 4.69) is 31.4 Å². The van der Waals surface area contributed by atoms with Crippen molar-refractivity contribution in [1.29, 1.82) is 0 Å². The molecular weight excluding hydrogens is 264 g/mol. The second kappa shape index (κ2) is 7.46. The van der Waals surface area contributed by atoms with Gasteiger partial charge >= 0.3 is 0 Å². The molecule has 0 fully saturated rings. The Morgan fingerprint density at radius 2 is 2.00 bits per heavy atom. The number of hydrogen-bond acceptors (Lipinski definition) is 3. The zero-order chi connectivity index (χ0) is 16.0. The van der Waals surface area contributed by atoms with Crippen LogP contribution in [-0.4, -0.2) is 26.6 Å². The van der Waals surface area contributed by atoms with Crippen LogP contribution < -0.4 is 15.4 Å². The van der Waals surface area contributed by atoms with E-state index in [4.69, 9.17) is 4.74 Å². The van der Waals surface area contributed by atoms with Crippen LogP contribution in [-0.2, 0) is 4.79 Å². The minimum absolute atomic E-state index is 0.0561. The molecule has 0 saturated carbocycles. The topological polar surface area (TPSA) is 50.4 Å². The molecule has 0 aliphatic carbocycles. The number of nitrogens with one attached hydrogen (secondary N) is 2. The molecule has 0 spiro atoms. The molecule has 1 rings (SSSR count). The molecule has 1 aromatic rings. The Labute approximate surface area is 128 Å². The molecule has 0 saturated heterocycles. The van der Waals surface area contributed by atoms with Gasteiger partial charge in [0.05, 0.1) is 13.2 Å². The van der Waals surface area contributed by atoms with Gasteiger partial charge in [-0.25, -0.2) is 0 Å². The van der Waals surface area contributed by atoms with Crippen LogP contribution in [0, 0.1) is 11.3 Å². The number of amides is 1. The van der Waals surface area contributed by atoms with Gasteiger partial charge < -0.3 is 15.4 Å². The number of carbonyl (C=O) groups excluding carboxylic acids is 1. The lowest BCUT2D eigenvalue weighted by atomic mass is 9.82. The first kappa shape index (κ1) is 17.5. The molecule has 0 radical (unpaired) electrons. The Morgan fingerprint density at radius 1 is 1.33 bits per heavy atom. The summed E-state index contributed by atoms with van der Waals surface area (Å²) in [5.74, 6) is 0.803. The van der Waals surface area contributed by atoms with Crippen molar-refractivity contribution in [2.24, 2.45) is 11.3 Å². The second-order valence-electron chi connectivity index (χ2n) is 6.54. The normalized spacial score (nSPS) is 14.4. The summed E-state index contributed by atoms with van der Waals surface area (Å²) in [6, 6.07) is 7.82. The molecule has 0 bridgehead atoms. The Balaban J connectivity index is 2.99. The van der Waals surface area contributed by atoms with Crippen LogP contribution in [0.5, 0.6) is 5.75 Å². The maximum atomic E-state index is 12.3. The Bertz CT molecular complexity index is 466. The Kier molecular flexibility index (Phi) is 6.21. The first-order chi connectivity index (χ1) is 9.79. The van der Waals surface area contributed by atoms with E-state index in [1.807, 2.05) is 38.2 Å². The predicted molar refractivity (Wildman–Crippen MR) is 86.4 cm³/mol. The summed E-state index contributed by atoms with van der Waals surface area (Å²) in [4.78, 5) is 12.3. The molecular formula is C17H28N2O2. The van der Waals surface area contributed by atoms with Gasteiger partial charge in [-0.2, -0.15) is 0 Å². The Hall–Kier alpha value is -1.55. The fourth-order valence-corrected chi connectivity index (χ4v) is 2.30. The van der Waals surface area contributed by atoms with E-state index in [-0.39, 0.29) is 23.3 Å². The van der Waals surface area contributed by atoms with Gasteiger partial charge in [0.1, 0.15) is 5.75 Å². The summed E-state index contributed by atoms with van der Waals surface area (Å²) in [5.41, 5.74) is 0.980. The van der Waals surface area contributed by atoms with Gasteiger partial charge in [0.2, 0.25) is 5.91 Å². The van der Waals surface area contributed by atoms with Crippen molar-refractivity contribution in [3.05, 3.63) is 29.8 Å². The maximum Gasteiger partial charge on any atom is 0.224 e. The van der Waals surface area contributed by atoms with Gasteiger partial charge in [0, 0.05) is 12.5 Å². The number of carbonyl (C=O) groups is 1. The lowest BCUT2D eigenvalue weighted by Gasteiger charge is -2.33. The predicted octanol–water partition coefficient (Wildman–Crippen LogP) is 2.75. The molecule has 0 aromatic heterocycles. The quantitative estimate of drug-likeness (QED) is 0.847. The number of ether oxygens (including phenoxy) is 1. The van der Waals surface area contributed by atoms with Crippen molar-refractivity contribution in [1.82, 2.24) is 10.6 Å². The molecule has 21 heavy (non-hydrogen) atoms. The van der Waals surface area contributed by atoms with E-state index in [0.717, 1.165) is 11.3 Å². The van der Waals surface area contributed by atoms with Crippen LogP contribution in [0.15, 0.2) is 24.3 Å². The number of benzene rings is 1. The molecule has 4 heteroatoms. The summed E-state index contributed by atoms with van der Waals surface area (Å²) < 4.78 is 5.29. The van der Waals surface area contributed by atoms with Crippen molar-refractivity contribution in [3.63, 3.8) is 0 Å². The van der Waals surface area contributed by atoms with Crippen molar-refractivity contribution in [3.8, 4) is 5.75 Å². The molecule has 0 aliphatic rings. The van der Waals surface area contributed by atoms with Crippen LogP contribution in [0.1, 0.15) is 39.3 Å². The molecule has 2 N–H and O–H groups in total. The van der Waals surface area contributed by atoms with Gasteiger partial charge in [-0.05, 0) is 30.2 Å². The highest BCUT2D eigenvalue weighted by Crippen LogP contribution is 2.34. The third kappa shape index (κ3) is 5.05. The van der Waals surface area contributed by atoms with E-state index in [9.17, 15) is 4.79 Å². The van der Waals surface area contributed by atoms with Crippen molar-refractivity contribution < 1.29 is 9.53 Å². The monoisotopic (exact) mass is 292 g/mol. The highest BCUT2D eigenvalue weighted by Gasteiger charge is 2.29. The number of methoxy groups -OCH3 is 1. The first-order valence-corrected chi connectivity index (χ1v) is 7.38. The van der Waals surface area contributed by atoms with Crippen molar-refractivity contribution >= 4 is 5.91 Å². The van der Waals surface area contributed by atoms with Gasteiger partial charge in [-0.15, -0.1) is 0 Å². The Morgan fingerprint density at radius 3 is 2.52 bits per heavy atom. The zero-order valence-electron chi connectivity index (χ0n) is 14.0. The van der Waals surface area contributed by atoms with E-state index in [0.29, 0.717) is 6.54 Å². The third-order valence-electron chi connectivity index (χ3n) is 3.54. The lowest BCUT2D eigenvalue weighted by molar-refractivity contribution is -0.125. The number of rotatable bonds is 6. The van der Waals surface area contributed by atoms with Gasteiger partial charge in [0.15, 0.2) is 0 Å². The summed E-state index contributed by atoms with van der Waals surface area (Å²) in [7, 11) is 3.51. The molecule has 4 nitrogen and oxygen atoms in total. The summed E-state index contributed by atoms with van der Waals surface area (Å²) >= 11 is 0. The van der Waals surface area contributed by atoms with E-state index >= 15 is 0 Å². The molecule has 2 atom stereocenters. The lowest BCUT2D eigenvalue weighted by Crippen LogP contribution is -2.41. The first-order valence-electron chi connectivity index (χ1n) is 7.38.